The maximum atomic E-state index is 12.2. The molecule has 0 spiro atoms. The Bertz CT molecular complexity index is 511. The van der Waals surface area contributed by atoms with E-state index in [0.717, 1.165) is 30.6 Å². The highest BCUT2D eigenvalue weighted by atomic mass is 16.2. The van der Waals surface area contributed by atoms with Crippen LogP contribution in [0.25, 0.3) is 0 Å². The van der Waals surface area contributed by atoms with Gasteiger partial charge in [0.2, 0.25) is 5.91 Å². The highest BCUT2D eigenvalue weighted by molar-refractivity contribution is 5.99. The minimum absolute atomic E-state index is 0.00786. The van der Waals surface area contributed by atoms with Crippen LogP contribution < -0.4 is 5.32 Å². The third-order valence-electron chi connectivity index (χ3n) is 3.73. The van der Waals surface area contributed by atoms with Gasteiger partial charge in [-0.25, -0.2) is 0 Å². The van der Waals surface area contributed by atoms with Crippen molar-refractivity contribution in [2.75, 3.05) is 18.9 Å². The molecule has 102 valence electrons. The Morgan fingerprint density at radius 2 is 2.11 bits per heavy atom. The van der Waals surface area contributed by atoms with E-state index in [9.17, 15) is 9.59 Å². The van der Waals surface area contributed by atoms with Gasteiger partial charge in [0.05, 0.1) is 6.04 Å². The zero-order valence-electron chi connectivity index (χ0n) is 11.7. The number of amides is 1. The van der Waals surface area contributed by atoms with Gasteiger partial charge < -0.3 is 5.32 Å². The standard InChI is InChI=1S/C15H20N2O2/c1-10-6-7-12(11(2)18)9-13(10)16-15(19)14-5-4-8-17(14)3/h6-7,9,14H,4-5,8H2,1-3H3,(H,16,19)/t14-/m0/s1. The smallest absolute Gasteiger partial charge is 0.241 e. The van der Waals surface area contributed by atoms with Gasteiger partial charge in [-0.05, 0) is 51.9 Å². The topological polar surface area (TPSA) is 49.4 Å². The average Bonchev–Trinajstić information content (AvgIpc) is 2.78. The summed E-state index contributed by atoms with van der Waals surface area (Å²) in [7, 11) is 1.97. The second-order valence-electron chi connectivity index (χ2n) is 5.21. The normalized spacial score (nSPS) is 19.4. The summed E-state index contributed by atoms with van der Waals surface area (Å²) in [5.41, 5.74) is 2.33. The molecule has 1 atom stereocenters. The van der Waals surface area contributed by atoms with E-state index in [1.54, 1.807) is 12.1 Å². The molecule has 0 aromatic heterocycles. The van der Waals surface area contributed by atoms with Crippen molar-refractivity contribution in [1.82, 2.24) is 4.90 Å². The number of ketones is 1. The zero-order chi connectivity index (χ0) is 14.0. The summed E-state index contributed by atoms with van der Waals surface area (Å²) in [4.78, 5) is 25.7. The lowest BCUT2D eigenvalue weighted by atomic mass is 10.1. The molecule has 1 aromatic rings. The molecule has 0 bridgehead atoms. The van der Waals surface area contributed by atoms with Crippen molar-refractivity contribution in [3.63, 3.8) is 0 Å². The predicted octanol–water partition coefficient (Wildman–Crippen LogP) is 2.23. The highest BCUT2D eigenvalue weighted by Crippen LogP contribution is 2.20. The third-order valence-corrected chi connectivity index (χ3v) is 3.73. The molecule has 1 amide bonds. The van der Waals surface area contributed by atoms with Crippen molar-refractivity contribution in [2.45, 2.75) is 32.7 Å². The van der Waals surface area contributed by atoms with E-state index < -0.39 is 0 Å². The van der Waals surface area contributed by atoms with Crippen LogP contribution in [0.1, 0.15) is 35.7 Å². The Morgan fingerprint density at radius 1 is 1.37 bits per heavy atom. The lowest BCUT2D eigenvalue weighted by Gasteiger charge is -2.19. The van der Waals surface area contributed by atoms with Gasteiger partial charge >= 0.3 is 0 Å². The molecule has 1 N–H and O–H groups in total. The number of anilines is 1. The zero-order valence-corrected chi connectivity index (χ0v) is 11.7. The number of aryl methyl sites for hydroxylation is 1. The third kappa shape index (κ3) is 3.01. The van der Waals surface area contributed by atoms with Crippen LogP contribution in [0, 0.1) is 6.92 Å². The molecule has 4 nitrogen and oxygen atoms in total. The number of likely N-dealkylation sites (tertiary alicyclic amines) is 1. The molecule has 0 saturated carbocycles. The van der Waals surface area contributed by atoms with E-state index in [2.05, 4.69) is 10.2 Å². The molecule has 0 aliphatic carbocycles. The number of hydrogen-bond donors (Lipinski definition) is 1. The number of benzene rings is 1. The molecule has 0 radical (unpaired) electrons. The van der Waals surface area contributed by atoms with Crippen LogP contribution in [-0.2, 0) is 4.79 Å². The van der Waals surface area contributed by atoms with Gasteiger partial charge in [-0.15, -0.1) is 0 Å². The fourth-order valence-electron chi connectivity index (χ4n) is 2.43. The van der Waals surface area contributed by atoms with Crippen LogP contribution in [0.4, 0.5) is 5.69 Å². The van der Waals surface area contributed by atoms with Crippen molar-refractivity contribution >= 4 is 17.4 Å². The number of rotatable bonds is 3. The van der Waals surface area contributed by atoms with Crippen molar-refractivity contribution < 1.29 is 9.59 Å². The minimum Gasteiger partial charge on any atom is -0.324 e. The van der Waals surface area contributed by atoms with E-state index in [4.69, 9.17) is 0 Å². The van der Waals surface area contributed by atoms with E-state index in [1.807, 2.05) is 20.0 Å². The molecule has 1 aliphatic rings. The molecule has 1 aliphatic heterocycles. The van der Waals surface area contributed by atoms with E-state index in [-0.39, 0.29) is 17.7 Å². The summed E-state index contributed by atoms with van der Waals surface area (Å²) in [6.45, 7) is 4.42. The number of Topliss-reactive ketones (excluding diaryl/α,β-unsaturated/α-hetero) is 1. The quantitative estimate of drug-likeness (QED) is 0.848. The lowest BCUT2D eigenvalue weighted by molar-refractivity contribution is -0.119. The summed E-state index contributed by atoms with van der Waals surface area (Å²) < 4.78 is 0. The molecule has 2 rings (SSSR count). The average molecular weight is 260 g/mol. The Kier molecular flexibility index (Phi) is 4.00. The summed E-state index contributed by atoms with van der Waals surface area (Å²) in [6, 6.07) is 5.35. The molecule has 19 heavy (non-hydrogen) atoms. The molecule has 4 heteroatoms. The Hall–Kier alpha value is -1.68. The van der Waals surface area contributed by atoms with Gasteiger partial charge in [0.15, 0.2) is 5.78 Å². The molecule has 0 unspecified atom stereocenters. The first-order chi connectivity index (χ1) is 8.99. The SMILES string of the molecule is CC(=O)c1ccc(C)c(NC(=O)[C@@H]2CCCN2C)c1. The van der Waals surface area contributed by atoms with Crippen molar-refractivity contribution in [3.05, 3.63) is 29.3 Å². The Morgan fingerprint density at radius 3 is 2.68 bits per heavy atom. The number of likely N-dealkylation sites (N-methyl/N-ethyl adjacent to an activating group) is 1. The van der Waals surface area contributed by atoms with Gasteiger partial charge in [-0.2, -0.15) is 0 Å². The largest absolute Gasteiger partial charge is 0.324 e. The summed E-state index contributed by atoms with van der Waals surface area (Å²) in [6.07, 6.45) is 1.95. The molecular weight excluding hydrogens is 240 g/mol. The number of hydrogen-bond acceptors (Lipinski definition) is 3. The summed E-state index contributed by atoms with van der Waals surface area (Å²) in [5.74, 6) is 0.0253. The van der Waals surface area contributed by atoms with Crippen molar-refractivity contribution in [2.24, 2.45) is 0 Å². The first-order valence-electron chi connectivity index (χ1n) is 6.61. The van der Waals surface area contributed by atoms with E-state index >= 15 is 0 Å². The predicted molar refractivity (Wildman–Crippen MR) is 75.5 cm³/mol. The summed E-state index contributed by atoms with van der Waals surface area (Å²) in [5, 5.41) is 2.94. The Labute approximate surface area is 113 Å². The van der Waals surface area contributed by atoms with Gasteiger partial charge in [0, 0.05) is 11.3 Å². The highest BCUT2D eigenvalue weighted by Gasteiger charge is 2.27. The van der Waals surface area contributed by atoms with Crippen LogP contribution in [0.3, 0.4) is 0 Å². The molecular formula is C15H20N2O2. The first-order valence-corrected chi connectivity index (χ1v) is 6.61. The van der Waals surface area contributed by atoms with Gasteiger partial charge in [0.25, 0.3) is 0 Å². The fraction of sp³-hybridized carbons (Fsp3) is 0.467. The molecule has 1 saturated heterocycles. The van der Waals surface area contributed by atoms with E-state index in [1.165, 1.54) is 6.92 Å². The van der Waals surface area contributed by atoms with Crippen LogP contribution in [0.2, 0.25) is 0 Å². The minimum atomic E-state index is -0.0552. The van der Waals surface area contributed by atoms with Crippen molar-refractivity contribution in [1.29, 1.82) is 0 Å². The van der Waals surface area contributed by atoms with Gasteiger partial charge in [-0.3, -0.25) is 14.5 Å². The fourth-order valence-corrected chi connectivity index (χ4v) is 2.43. The lowest BCUT2D eigenvalue weighted by Crippen LogP contribution is -2.37. The van der Waals surface area contributed by atoms with E-state index in [0.29, 0.717) is 5.56 Å². The summed E-state index contributed by atoms with van der Waals surface area (Å²) >= 11 is 0. The molecule has 1 aromatic carbocycles. The van der Waals surface area contributed by atoms with Crippen LogP contribution >= 0.6 is 0 Å². The molecule has 1 fully saturated rings. The van der Waals surface area contributed by atoms with Crippen molar-refractivity contribution in [3.8, 4) is 0 Å². The second-order valence-corrected chi connectivity index (χ2v) is 5.21. The molecule has 1 heterocycles. The van der Waals surface area contributed by atoms with Crippen LogP contribution in [0.5, 0.6) is 0 Å². The van der Waals surface area contributed by atoms with Gasteiger partial charge in [-0.1, -0.05) is 12.1 Å². The second kappa shape index (κ2) is 5.53. The number of carbonyl (C=O) groups excluding carboxylic acids is 2. The number of carbonyl (C=O) groups is 2. The van der Waals surface area contributed by atoms with Crippen LogP contribution in [-0.4, -0.2) is 36.2 Å². The monoisotopic (exact) mass is 260 g/mol. The van der Waals surface area contributed by atoms with Gasteiger partial charge in [0.1, 0.15) is 0 Å². The number of nitrogens with one attached hydrogen (secondary N) is 1. The Balaban J connectivity index is 2.16. The maximum Gasteiger partial charge on any atom is 0.241 e. The van der Waals surface area contributed by atoms with Crippen LogP contribution in [0.15, 0.2) is 18.2 Å². The first kappa shape index (κ1) is 13.7. The number of nitrogens with zero attached hydrogens (tertiary/aromatic N) is 1. The maximum absolute atomic E-state index is 12.2.